The zero-order valence-electron chi connectivity index (χ0n) is 21.4. The second-order valence-corrected chi connectivity index (χ2v) is 9.36. The summed E-state index contributed by atoms with van der Waals surface area (Å²) in [6.45, 7) is 5.93. The summed E-state index contributed by atoms with van der Waals surface area (Å²) < 4.78 is 11.9. The van der Waals surface area contributed by atoms with Crippen molar-refractivity contribution in [3.63, 3.8) is 0 Å². The van der Waals surface area contributed by atoms with Crippen molar-refractivity contribution in [1.29, 1.82) is 0 Å². The van der Waals surface area contributed by atoms with Gasteiger partial charge in [0.25, 0.3) is 0 Å². The standard InChI is InChI=1S/C28H28N6O3.ClH/c1-4-20-15-24(26-23(29-20)13-14-25(30-26)37-17-28(2,3)35)36-16-18-9-11-19(12-10-18)21-7-5-6-8-22(21)27-31-33-34-32-27;/h5-15,35H,4,16-17H2,1-3H3,(H,31,32,33,34);1H. The number of hydrogen-bond donors (Lipinski definition) is 2. The SMILES string of the molecule is CCc1cc(OCc2ccc(-c3ccccc3-c3nnn[nH]3)cc2)c2nc(OCC(C)(C)O)ccc2n1.Cl. The van der Waals surface area contributed by atoms with E-state index >= 15 is 0 Å². The fourth-order valence-electron chi connectivity index (χ4n) is 3.89. The fraction of sp³-hybridized carbons (Fsp3) is 0.250. The number of nitrogens with one attached hydrogen (secondary N) is 1. The smallest absolute Gasteiger partial charge is 0.214 e. The molecule has 0 fully saturated rings. The highest BCUT2D eigenvalue weighted by atomic mass is 35.5. The van der Waals surface area contributed by atoms with Crippen LogP contribution in [0.1, 0.15) is 32.0 Å². The van der Waals surface area contributed by atoms with E-state index in [1.165, 1.54) is 0 Å². The van der Waals surface area contributed by atoms with Gasteiger partial charge in [-0.15, -0.1) is 17.5 Å². The maximum atomic E-state index is 9.98. The molecule has 196 valence electrons. The summed E-state index contributed by atoms with van der Waals surface area (Å²) in [7, 11) is 0. The zero-order valence-corrected chi connectivity index (χ0v) is 22.2. The van der Waals surface area contributed by atoms with Gasteiger partial charge in [-0.1, -0.05) is 55.5 Å². The molecule has 38 heavy (non-hydrogen) atoms. The van der Waals surface area contributed by atoms with E-state index < -0.39 is 5.60 Å². The van der Waals surface area contributed by atoms with Gasteiger partial charge in [0.1, 0.15) is 24.5 Å². The van der Waals surface area contributed by atoms with Gasteiger partial charge >= 0.3 is 0 Å². The van der Waals surface area contributed by atoms with Crippen LogP contribution in [-0.2, 0) is 13.0 Å². The number of aryl methyl sites for hydroxylation is 1. The molecule has 5 aromatic rings. The first kappa shape index (κ1) is 27.0. The molecule has 2 aromatic carbocycles. The molecule has 3 heterocycles. The Hall–Kier alpha value is -4.08. The lowest BCUT2D eigenvalue weighted by Gasteiger charge is -2.17. The molecule has 0 radical (unpaired) electrons. The molecule has 10 heteroatoms. The minimum atomic E-state index is -0.960. The zero-order chi connectivity index (χ0) is 25.8. The third-order valence-corrected chi connectivity index (χ3v) is 5.77. The van der Waals surface area contributed by atoms with Crippen LogP contribution >= 0.6 is 12.4 Å². The minimum Gasteiger partial charge on any atom is -0.486 e. The largest absolute Gasteiger partial charge is 0.486 e. The number of hydrogen-bond acceptors (Lipinski definition) is 8. The molecular weight excluding hydrogens is 504 g/mol. The van der Waals surface area contributed by atoms with Crippen LogP contribution in [0, 0.1) is 0 Å². The van der Waals surface area contributed by atoms with Crippen LogP contribution in [0.5, 0.6) is 11.6 Å². The lowest BCUT2D eigenvalue weighted by atomic mass is 9.98. The Morgan fingerprint density at radius 2 is 1.68 bits per heavy atom. The summed E-state index contributed by atoms with van der Waals surface area (Å²) in [5, 5.41) is 24.3. The molecule has 0 aliphatic carbocycles. The van der Waals surface area contributed by atoms with Crippen molar-refractivity contribution in [2.24, 2.45) is 0 Å². The number of halogens is 1. The van der Waals surface area contributed by atoms with Gasteiger partial charge < -0.3 is 14.6 Å². The molecule has 0 unspecified atom stereocenters. The summed E-state index contributed by atoms with van der Waals surface area (Å²) in [6, 6.07) is 21.7. The van der Waals surface area contributed by atoms with Crippen molar-refractivity contribution in [1.82, 2.24) is 30.6 Å². The van der Waals surface area contributed by atoms with E-state index in [0.29, 0.717) is 29.6 Å². The van der Waals surface area contributed by atoms with Gasteiger partial charge in [-0.3, -0.25) is 4.98 Å². The monoisotopic (exact) mass is 532 g/mol. The van der Waals surface area contributed by atoms with Crippen LogP contribution < -0.4 is 9.47 Å². The van der Waals surface area contributed by atoms with Gasteiger partial charge in [-0.25, -0.2) is 10.1 Å². The second kappa shape index (κ2) is 11.5. The van der Waals surface area contributed by atoms with Crippen LogP contribution in [0.2, 0.25) is 0 Å². The molecule has 9 nitrogen and oxygen atoms in total. The van der Waals surface area contributed by atoms with Crippen LogP contribution in [0.25, 0.3) is 33.5 Å². The van der Waals surface area contributed by atoms with Crippen molar-refractivity contribution >= 4 is 23.4 Å². The van der Waals surface area contributed by atoms with E-state index in [1.54, 1.807) is 19.9 Å². The number of aliphatic hydroxyl groups is 1. The quantitative estimate of drug-likeness (QED) is 0.266. The molecule has 0 spiro atoms. The second-order valence-electron chi connectivity index (χ2n) is 9.36. The van der Waals surface area contributed by atoms with Gasteiger partial charge in [-0.05, 0) is 53.5 Å². The molecule has 3 aromatic heterocycles. The number of benzene rings is 2. The Balaban J connectivity index is 0.00000336. The Bertz CT molecular complexity index is 1500. The average molecular weight is 533 g/mol. The summed E-state index contributed by atoms with van der Waals surface area (Å²) in [5.41, 5.74) is 5.34. The number of rotatable bonds is 9. The summed E-state index contributed by atoms with van der Waals surface area (Å²) in [5.74, 6) is 1.68. The molecule has 0 aliphatic rings. The number of aromatic nitrogens is 6. The summed E-state index contributed by atoms with van der Waals surface area (Å²) in [6.07, 6.45) is 0.776. The third-order valence-electron chi connectivity index (χ3n) is 5.77. The van der Waals surface area contributed by atoms with E-state index in [4.69, 9.17) is 9.47 Å². The highest BCUT2D eigenvalue weighted by Gasteiger charge is 2.16. The van der Waals surface area contributed by atoms with Crippen LogP contribution in [-0.4, -0.2) is 47.9 Å². The molecule has 0 aliphatic heterocycles. The van der Waals surface area contributed by atoms with Crippen LogP contribution in [0.4, 0.5) is 0 Å². The normalized spacial score (nSPS) is 11.3. The predicted molar refractivity (Wildman–Crippen MR) is 147 cm³/mol. The van der Waals surface area contributed by atoms with Gasteiger partial charge in [0.05, 0.1) is 11.1 Å². The van der Waals surface area contributed by atoms with Gasteiger partial charge in [0.15, 0.2) is 5.82 Å². The molecule has 0 saturated carbocycles. The molecule has 0 amide bonds. The predicted octanol–water partition coefficient (Wildman–Crippen LogP) is 5.19. The number of aromatic amines is 1. The third kappa shape index (κ3) is 6.24. The maximum Gasteiger partial charge on any atom is 0.214 e. The van der Waals surface area contributed by atoms with E-state index in [0.717, 1.165) is 39.9 Å². The highest BCUT2D eigenvalue weighted by molar-refractivity contribution is 5.85. The van der Waals surface area contributed by atoms with Gasteiger partial charge in [0, 0.05) is 23.4 Å². The number of ether oxygens (including phenoxy) is 2. The Morgan fingerprint density at radius 1 is 0.921 bits per heavy atom. The Labute approximate surface area is 226 Å². The number of nitrogens with zero attached hydrogens (tertiary/aromatic N) is 5. The van der Waals surface area contributed by atoms with E-state index in [9.17, 15) is 5.11 Å². The highest BCUT2D eigenvalue weighted by Crippen LogP contribution is 2.31. The Kier molecular flexibility index (Phi) is 8.19. The lowest BCUT2D eigenvalue weighted by molar-refractivity contribution is 0.0269. The molecule has 0 bridgehead atoms. The van der Waals surface area contributed by atoms with E-state index in [-0.39, 0.29) is 19.0 Å². The fourth-order valence-corrected chi connectivity index (χ4v) is 3.89. The number of pyridine rings is 2. The molecule has 2 N–H and O–H groups in total. The summed E-state index contributed by atoms with van der Waals surface area (Å²) in [4.78, 5) is 9.28. The topological polar surface area (TPSA) is 119 Å². The van der Waals surface area contributed by atoms with Crippen molar-refractivity contribution in [3.05, 3.63) is 78.0 Å². The first-order valence-electron chi connectivity index (χ1n) is 12.1. The van der Waals surface area contributed by atoms with Crippen molar-refractivity contribution in [2.75, 3.05) is 6.61 Å². The van der Waals surface area contributed by atoms with Crippen LogP contribution in [0.15, 0.2) is 66.7 Å². The average Bonchev–Trinajstić information content (AvgIpc) is 3.45. The van der Waals surface area contributed by atoms with Gasteiger partial charge in [0.2, 0.25) is 5.88 Å². The Morgan fingerprint density at radius 3 is 2.37 bits per heavy atom. The van der Waals surface area contributed by atoms with Gasteiger partial charge in [-0.2, -0.15) is 0 Å². The van der Waals surface area contributed by atoms with Crippen molar-refractivity contribution in [3.8, 4) is 34.1 Å². The number of fused-ring (bicyclic) bond motifs is 1. The summed E-state index contributed by atoms with van der Waals surface area (Å²) >= 11 is 0. The lowest BCUT2D eigenvalue weighted by Crippen LogP contribution is -2.28. The first-order valence-corrected chi connectivity index (χ1v) is 12.1. The van der Waals surface area contributed by atoms with E-state index in [1.807, 2.05) is 48.5 Å². The maximum absolute atomic E-state index is 9.98. The molecular formula is C28H29ClN6O3. The molecule has 0 saturated heterocycles. The molecule has 0 atom stereocenters. The number of tetrazole rings is 1. The van der Waals surface area contributed by atoms with Crippen molar-refractivity contribution < 1.29 is 14.6 Å². The van der Waals surface area contributed by atoms with Crippen LogP contribution in [0.3, 0.4) is 0 Å². The first-order chi connectivity index (χ1) is 17.9. The minimum absolute atomic E-state index is 0. The molecule has 5 rings (SSSR count). The van der Waals surface area contributed by atoms with E-state index in [2.05, 4.69) is 49.6 Å². The number of H-pyrrole nitrogens is 1. The van der Waals surface area contributed by atoms with Crippen molar-refractivity contribution in [2.45, 2.75) is 39.4 Å².